The smallest absolute Gasteiger partial charge is 0.321 e. The summed E-state index contributed by atoms with van der Waals surface area (Å²) >= 11 is 0. The molecule has 1 saturated heterocycles. The lowest BCUT2D eigenvalue weighted by Gasteiger charge is -2.22. The molecular formula is C19H25N5O. The first kappa shape index (κ1) is 17.4. The molecule has 0 aliphatic carbocycles. The normalized spacial score (nSPS) is 17.1. The quantitative estimate of drug-likeness (QED) is 0.910. The molecule has 1 aliphatic rings. The number of carbonyl (C=O) groups is 1. The minimum absolute atomic E-state index is 0.0338. The number of hydrogen-bond acceptors (Lipinski definition) is 4. The number of anilines is 1. The highest BCUT2D eigenvalue weighted by molar-refractivity contribution is 5.90. The molecule has 6 nitrogen and oxygen atoms in total. The molecule has 1 fully saturated rings. The lowest BCUT2D eigenvalue weighted by atomic mass is 10.1. The number of aryl methyl sites for hydroxylation is 1. The summed E-state index contributed by atoms with van der Waals surface area (Å²) in [6, 6.07) is 5.92. The van der Waals surface area contributed by atoms with E-state index in [9.17, 15) is 4.79 Å². The lowest BCUT2D eigenvalue weighted by molar-refractivity contribution is 0.216. The Kier molecular flexibility index (Phi) is 5.60. The summed E-state index contributed by atoms with van der Waals surface area (Å²) in [7, 11) is 2.12. The molecule has 0 unspecified atom stereocenters. The highest BCUT2D eigenvalue weighted by atomic mass is 16.2. The van der Waals surface area contributed by atoms with Gasteiger partial charge in [0.1, 0.15) is 0 Å². The zero-order chi connectivity index (χ0) is 17.6. The topological polar surface area (TPSA) is 61.4 Å². The fourth-order valence-electron chi connectivity index (χ4n) is 3.26. The van der Waals surface area contributed by atoms with E-state index < -0.39 is 0 Å². The Balaban J connectivity index is 1.48. The maximum absolute atomic E-state index is 12.5. The number of likely N-dealkylation sites (tertiary alicyclic amines) is 1. The van der Waals surface area contributed by atoms with Crippen LogP contribution in [0.3, 0.4) is 0 Å². The Labute approximate surface area is 148 Å². The van der Waals surface area contributed by atoms with Gasteiger partial charge in [0, 0.05) is 44.8 Å². The summed E-state index contributed by atoms with van der Waals surface area (Å²) in [5, 5.41) is 2.97. The van der Waals surface area contributed by atoms with Gasteiger partial charge in [-0.25, -0.2) is 4.79 Å². The van der Waals surface area contributed by atoms with Crippen LogP contribution in [0.2, 0.25) is 0 Å². The van der Waals surface area contributed by atoms with Crippen LogP contribution in [0, 0.1) is 12.8 Å². The third-order valence-corrected chi connectivity index (χ3v) is 4.60. The van der Waals surface area contributed by atoms with Crippen molar-refractivity contribution in [2.45, 2.75) is 19.9 Å². The van der Waals surface area contributed by atoms with Gasteiger partial charge in [-0.05, 0) is 49.6 Å². The summed E-state index contributed by atoms with van der Waals surface area (Å²) in [6.45, 7) is 5.42. The van der Waals surface area contributed by atoms with E-state index in [2.05, 4.69) is 33.3 Å². The van der Waals surface area contributed by atoms with E-state index in [0.717, 1.165) is 43.9 Å². The molecule has 1 N–H and O–H groups in total. The van der Waals surface area contributed by atoms with Gasteiger partial charge in [-0.3, -0.25) is 9.97 Å². The first-order valence-corrected chi connectivity index (χ1v) is 8.66. The van der Waals surface area contributed by atoms with Gasteiger partial charge in [0.05, 0.1) is 11.9 Å². The van der Waals surface area contributed by atoms with Gasteiger partial charge in [0.15, 0.2) is 0 Å². The fraction of sp³-hybridized carbons (Fsp3) is 0.421. The second kappa shape index (κ2) is 8.07. The lowest BCUT2D eigenvalue weighted by Crippen LogP contribution is -2.34. The van der Waals surface area contributed by atoms with Crippen LogP contribution in [0.1, 0.15) is 17.5 Å². The fourth-order valence-corrected chi connectivity index (χ4v) is 3.26. The van der Waals surface area contributed by atoms with Crippen molar-refractivity contribution in [3.8, 4) is 0 Å². The average molecular weight is 339 g/mol. The van der Waals surface area contributed by atoms with Gasteiger partial charge in [0.25, 0.3) is 0 Å². The molecule has 6 heteroatoms. The Morgan fingerprint density at radius 1 is 1.32 bits per heavy atom. The molecule has 3 heterocycles. The summed E-state index contributed by atoms with van der Waals surface area (Å²) in [6.07, 6.45) is 8.16. The van der Waals surface area contributed by atoms with E-state index in [-0.39, 0.29) is 6.03 Å². The Morgan fingerprint density at radius 2 is 2.16 bits per heavy atom. The van der Waals surface area contributed by atoms with E-state index >= 15 is 0 Å². The van der Waals surface area contributed by atoms with Crippen LogP contribution in [0.4, 0.5) is 10.5 Å². The molecule has 1 aliphatic heterocycles. The Morgan fingerprint density at radius 3 is 2.92 bits per heavy atom. The Hall–Kier alpha value is -2.47. The molecule has 2 aromatic heterocycles. The monoisotopic (exact) mass is 339 g/mol. The van der Waals surface area contributed by atoms with Crippen LogP contribution in [0.5, 0.6) is 0 Å². The molecule has 0 aromatic carbocycles. The first-order chi connectivity index (χ1) is 12.1. The second-order valence-electron chi connectivity index (χ2n) is 6.78. The van der Waals surface area contributed by atoms with Crippen molar-refractivity contribution in [1.29, 1.82) is 0 Å². The minimum atomic E-state index is -0.0338. The molecule has 132 valence electrons. The van der Waals surface area contributed by atoms with Crippen LogP contribution < -0.4 is 5.32 Å². The van der Waals surface area contributed by atoms with Crippen LogP contribution in [-0.4, -0.2) is 52.5 Å². The predicted molar refractivity (Wildman–Crippen MR) is 98.2 cm³/mol. The summed E-state index contributed by atoms with van der Waals surface area (Å²) < 4.78 is 0. The highest BCUT2D eigenvalue weighted by Gasteiger charge is 2.27. The minimum Gasteiger partial charge on any atom is -0.324 e. The molecule has 0 saturated carbocycles. The molecule has 0 bridgehead atoms. The third kappa shape index (κ3) is 4.76. The number of nitrogens with one attached hydrogen (secondary N) is 1. The van der Waals surface area contributed by atoms with Crippen molar-refractivity contribution in [2.24, 2.45) is 5.92 Å². The maximum Gasteiger partial charge on any atom is 0.321 e. The van der Waals surface area contributed by atoms with Gasteiger partial charge in [-0.1, -0.05) is 6.07 Å². The van der Waals surface area contributed by atoms with Gasteiger partial charge in [0.2, 0.25) is 0 Å². The number of pyridine rings is 2. The predicted octanol–water partition coefficient (Wildman–Crippen LogP) is 2.77. The molecule has 2 amide bonds. The number of carbonyl (C=O) groups excluding carboxylic acids is 1. The van der Waals surface area contributed by atoms with Gasteiger partial charge < -0.3 is 15.1 Å². The number of nitrogens with zero attached hydrogens (tertiary/aromatic N) is 4. The molecule has 3 rings (SSSR count). The number of urea groups is 1. The van der Waals surface area contributed by atoms with Crippen molar-refractivity contribution in [3.63, 3.8) is 0 Å². The Bertz CT molecular complexity index is 706. The van der Waals surface area contributed by atoms with Crippen molar-refractivity contribution >= 4 is 11.7 Å². The van der Waals surface area contributed by atoms with Crippen LogP contribution in [0.15, 0.2) is 43.0 Å². The van der Waals surface area contributed by atoms with Crippen molar-refractivity contribution in [2.75, 3.05) is 32.0 Å². The van der Waals surface area contributed by atoms with Crippen molar-refractivity contribution in [3.05, 3.63) is 54.1 Å². The van der Waals surface area contributed by atoms with E-state index in [1.807, 2.05) is 30.2 Å². The first-order valence-electron chi connectivity index (χ1n) is 8.66. The molecule has 2 aromatic rings. The molecule has 1 atom stereocenters. The standard InChI is InChI=1S/C19H25N5O/c1-15-5-8-21-11-18(15)22-19(25)24-9-6-17(14-24)13-23(2)12-16-4-3-7-20-10-16/h3-5,7-8,10-11,17H,6,9,12-14H2,1-2H3,(H,22,25)/t17-/m0/s1. The maximum atomic E-state index is 12.5. The van der Waals surface area contributed by atoms with E-state index in [1.165, 1.54) is 5.56 Å². The number of hydrogen-bond donors (Lipinski definition) is 1. The largest absolute Gasteiger partial charge is 0.324 e. The second-order valence-corrected chi connectivity index (χ2v) is 6.78. The highest BCUT2D eigenvalue weighted by Crippen LogP contribution is 2.20. The van der Waals surface area contributed by atoms with Gasteiger partial charge in [-0.2, -0.15) is 0 Å². The van der Waals surface area contributed by atoms with Gasteiger partial charge in [-0.15, -0.1) is 0 Å². The average Bonchev–Trinajstić information content (AvgIpc) is 3.06. The summed E-state index contributed by atoms with van der Waals surface area (Å²) in [5.41, 5.74) is 3.02. The van der Waals surface area contributed by atoms with E-state index in [1.54, 1.807) is 18.6 Å². The molecular weight excluding hydrogens is 314 g/mol. The van der Waals surface area contributed by atoms with Crippen LogP contribution in [-0.2, 0) is 6.54 Å². The van der Waals surface area contributed by atoms with Crippen LogP contribution >= 0.6 is 0 Å². The number of aromatic nitrogens is 2. The van der Waals surface area contributed by atoms with E-state index in [4.69, 9.17) is 0 Å². The molecule has 0 radical (unpaired) electrons. The SMILES string of the molecule is Cc1ccncc1NC(=O)N1CC[C@@H](CN(C)Cc2cccnc2)C1. The van der Waals surface area contributed by atoms with Crippen molar-refractivity contribution in [1.82, 2.24) is 19.8 Å². The number of amides is 2. The van der Waals surface area contributed by atoms with E-state index in [0.29, 0.717) is 5.92 Å². The van der Waals surface area contributed by atoms with Crippen molar-refractivity contribution < 1.29 is 4.79 Å². The number of rotatable bonds is 5. The zero-order valence-corrected chi connectivity index (χ0v) is 14.9. The third-order valence-electron chi connectivity index (χ3n) is 4.60. The zero-order valence-electron chi connectivity index (χ0n) is 14.9. The summed E-state index contributed by atoms with van der Waals surface area (Å²) in [5.74, 6) is 0.502. The van der Waals surface area contributed by atoms with Crippen LogP contribution in [0.25, 0.3) is 0 Å². The molecule has 0 spiro atoms. The summed E-state index contributed by atoms with van der Waals surface area (Å²) in [4.78, 5) is 24.9. The molecule has 25 heavy (non-hydrogen) atoms. The van der Waals surface area contributed by atoms with Gasteiger partial charge >= 0.3 is 6.03 Å².